The molecule has 5 aromatic rings. The molecule has 6 rings (SSSR count). The number of nitriles is 1. The molecule has 1 aliphatic heterocycles. The van der Waals surface area contributed by atoms with Crippen LogP contribution in [0.1, 0.15) is 44.4 Å². The van der Waals surface area contributed by atoms with Crippen molar-refractivity contribution < 1.29 is 19.1 Å². The van der Waals surface area contributed by atoms with Crippen LogP contribution in [0.3, 0.4) is 0 Å². The first kappa shape index (κ1) is 36.1. The van der Waals surface area contributed by atoms with E-state index in [-0.39, 0.29) is 17.4 Å². The van der Waals surface area contributed by atoms with Crippen LogP contribution in [0, 0.1) is 11.3 Å². The lowest BCUT2D eigenvalue weighted by Crippen LogP contribution is -2.30. The molecule has 0 saturated heterocycles. The molecule has 2 heterocycles. The van der Waals surface area contributed by atoms with Gasteiger partial charge in [0.2, 0.25) is 5.91 Å². The van der Waals surface area contributed by atoms with Gasteiger partial charge in [0.25, 0.3) is 11.8 Å². The SMILES string of the molecule is CCOc1ccc(/C=C(/NC(=O)c2ccccc2)C(=O)Nc2cccc(SCC(=O)Nc3sc4c(c3C#N)CCN(Cc3ccccc3)C4)c2)cc1. The highest BCUT2D eigenvalue weighted by Gasteiger charge is 2.25. The Labute approximate surface area is 311 Å². The lowest BCUT2D eigenvalue weighted by atomic mass is 10.0. The van der Waals surface area contributed by atoms with Crippen molar-refractivity contribution in [1.29, 1.82) is 5.26 Å². The number of rotatable bonds is 13. The molecule has 262 valence electrons. The van der Waals surface area contributed by atoms with Gasteiger partial charge < -0.3 is 20.7 Å². The number of amides is 3. The molecule has 0 aliphatic carbocycles. The monoisotopic (exact) mass is 727 g/mol. The average Bonchev–Trinajstić information content (AvgIpc) is 3.51. The first-order valence-corrected chi connectivity index (χ1v) is 18.6. The van der Waals surface area contributed by atoms with Gasteiger partial charge in [-0.25, -0.2) is 0 Å². The molecule has 0 saturated carbocycles. The van der Waals surface area contributed by atoms with E-state index in [1.807, 2.05) is 37.3 Å². The third-order valence-electron chi connectivity index (χ3n) is 8.24. The van der Waals surface area contributed by atoms with E-state index in [0.29, 0.717) is 39.7 Å². The number of carbonyl (C=O) groups excluding carboxylic acids is 3. The number of hydrogen-bond donors (Lipinski definition) is 3. The lowest BCUT2D eigenvalue weighted by Gasteiger charge is -2.26. The summed E-state index contributed by atoms with van der Waals surface area (Å²) in [6.45, 7) is 4.85. The minimum Gasteiger partial charge on any atom is -0.494 e. The van der Waals surface area contributed by atoms with Crippen LogP contribution in [0.4, 0.5) is 10.7 Å². The van der Waals surface area contributed by atoms with E-state index < -0.39 is 11.8 Å². The Hall–Kier alpha value is -5.67. The van der Waals surface area contributed by atoms with Gasteiger partial charge in [-0.3, -0.25) is 19.3 Å². The highest BCUT2D eigenvalue weighted by Crippen LogP contribution is 2.37. The van der Waals surface area contributed by atoms with Crippen molar-refractivity contribution in [1.82, 2.24) is 10.2 Å². The van der Waals surface area contributed by atoms with Crippen LogP contribution in [0.25, 0.3) is 6.08 Å². The number of ether oxygens (including phenoxy) is 1. The van der Waals surface area contributed by atoms with Gasteiger partial charge in [-0.15, -0.1) is 23.1 Å². The topological polar surface area (TPSA) is 124 Å². The van der Waals surface area contributed by atoms with Crippen LogP contribution in [-0.4, -0.2) is 41.5 Å². The molecular formula is C41H37N5O4S2. The summed E-state index contributed by atoms with van der Waals surface area (Å²) in [6.07, 6.45) is 2.37. The number of benzene rings is 4. The lowest BCUT2D eigenvalue weighted by molar-refractivity contribution is -0.114. The van der Waals surface area contributed by atoms with Crippen molar-refractivity contribution in [3.8, 4) is 11.8 Å². The van der Waals surface area contributed by atoms with Crippen LogP contribution >= 0.6 is 23.1 Å². The number of thioether (sulfide) groups is 1. The normalized spacial score (nSPS) is 12.7. The molecule has 52 heavy (non-hydrogen) atoms. The molecule has 0 fully saturated rings. The molecule has 3 N–H and O–H groups in total. The summed E-state index contributed by atoms with van der Waals surface area (Å²) in [7, 11) is 0. The number of nitrogens with one attached hydrogen (secondary N) is 3. The fraction of sp³-hybridized carbons (Fsp3) is 0.171. The minimum absolute atomic E-state index is 0.0607. The third-order valence-corrected chi connectivity index (χ3v) is 10.4. The second-order valence-corrected chi connectivity index (χ2v) is 14.1. The molecule has 9 nitrogen and oxygen atoms in total. The second-order valence-electron chi connectivity index (χ2n) is 12.0. The predicted octanol–water partition coefficient (Wildman–Crippen LogP) is 7.72. The number of thiophene rings is 1. The Morgan fingerprint density at radius 2 is 1.69 bits per heavy atom. The van der Waals surface area contributed by atoms with E-state index >= 15 is 0 Å². The summed E-state index contributed by atoms with van der Waals surface area (Å²) in [4.78, 5) is 44.0. The number of carbonyl (C=O) groups is 3. The predicted molar refractivity (Wildman–Crippen MR) is 207 cm³/mol. The largest absolute Gasteiger partial charge is 0.494 e. The van der Waals surface area contributed by atoms with Crippen LogP contribution in [0.15, 0.2) is 120 Å². The van der Waals surface area contributed by atoms with Gasteiger partial charge in [0.15, 0.2) is 0 Å². The molecule has 0 unspecified atom stereocenters. The Bertz CT molecular complexity index is 2110. The Balaban J connectivity index is 1.09. The van der Waals surface area contributed by atoms with Crippen molar-refractivity contribution >= 4 is 57.6 Å². The molecule has 0 bridgehead atoms. The van der Waals surface area contributed by atoms with Crippen molar-refractivity contribution in [2.24, 2.45) is 0 Å². The molecule has 4 aromatic carbocycles. The Kier molecular flexibility index (Phi) is 12.2. The van der Waals surface area contributed by atoms with E-state index in [2.05, 4.69) is 39.1 Å². The van der Waals surface area contributed by atoms with Gasteiger partial charge in [0.05, 0.1) is 17.9 Å². The molecule has 0 radical (unpaired) electrons. The van der Waals surface area contributed by atoms with Crippen LogP contribution < -0.4 is 20.7 Å². The summed E-state index contributed by atoms with van der Waals surface area (Å²) in [5.74, 6) is -0.334. The molecule has 3 amide bonds. The molecule has 1 aliphatic rings. The van der Waals surface area contributed by atoms with Gasteiger partial charge in [0.1, 0.15) is 22.5 Å². The molecular weight excluding hydrogens is 691 g/mol. The smallest absolute Gasteiger partial charge is 0.272 e. The zero-order valence-electron chi connectivity index (χ0n) is 28.6. The maximum Gasteiger partial charge on any atom is 0.272 e. The fourth-order valence-electron chi connectivity index (χ4n) is 5.75. The van der Waals surface area contributed by atoms with Crippen LogP contribution in [-0.2, 0) is 29.1 Å². The number of anilines is 2. The molecule has 0 atom stereocenters. The summed E-state index contributed by atoms with van der Waals surface area (Å²) in [5.41, 5.74) is 4.50. The van der Waals surface area contributed by atoms with Crippen molar-refractivity contribution in [3.63, 3.8) is 0 Å². The summed E-state index contributed by atoms with van der Waals surface area (Å²) >= 11 is 2.79. The molecule has 11 heteroatoms. The first-order chi connectivity index (χ1) is 25.4. The van der Waals surface area contributed by atoms with Crippen molar-refractivity contribution in [2.75, 3.05) is 29.5 Å². The molecule has 0 spiro atoms. The number of fused-ring (bicyclic) bond motifs is 1. The Morgan fingerprint density at radius 3 is 2.42 bits per heavy atom. The minimum atomic E-state index is -0.508. The highest BCUT2D eigenvalue weighted by atomic mass is 32.2. The third kappa shape index (κ3) is 9.56. The van der Waals surface area contributed by atoms with E-state index in [1.165, 1.54) is 28.7 Å². The second kappa shape index (κ2) is 17.5. The number of hydrogen-bond acceptors (Lipinski definition) is 8. The highest BCUT2D eigenvalue weighted by molar-refractivity contribution is 8.00. The van der Waals surface area contributed by atoms with Crippen LogP contribution in [0.2, 0.25) is 0 Å². The van der Waals surface area contributed by atoms with Gasteiger partial charge in [-0.05, 0) is 78.6 Å². The van der Waals surface area contributed by atoms with Gasteiger partial charge in [-0.2, -0.15) is 5.26 Å². The van der Waals surface area contributed by atoms with Crippen molar-refractivity contribution in [2.45, 2.75) is 31.3 Å². The summed E-state index contributed by atoms with van der Waals surface area (Å²) in [6, 6.07) is 35.7. The van der Waals surface area contributed by atoms with E-state index in [9.17, 15) is 19.6 Å². The zero-order chi connectivity index (χ0) is 36.3. The summed E-state index contributed by atoms with van der Waals surface area (Å²) in [5, 5.41) is 19.2. The molecule has 1 aromatic heterocycles. The van der Waals surface area contributed by atoms with Crippen molar-refractivity contribution in [3.05, 3.63) is 148 Å². The van der Waals surface area contributed by atoms with Gasteiger partial charge in [-0.1, -0.05) is 66.7 Å². The fourth-order valence-corrected chi connectivity index (χ4v) is 7.76. The zero-order valence-corrected chi connectivity index (χ0v) is 30.2. The van der Waals surface area contributed by atoms with Gasteiger partial charge >= 0.3 is 0 Å². The van der Waals surface area contributed by atoms with Crippen LogP contribution in [0.5, 0.6) is 5.75 Å². The Morgan fingerprint density at radius 1 is 0.942 bits per heavy atom. The van der Waals surface area contributed by atoms with E-state index in [0.717, 1.165) is 41.4 Å². The average molecular weight is 728 g/mol. The maximum absolute atomic E-state index is 13.6. The first-order valence-electron chi connectivity index (χ1n) is 16.8. The standard InChI is InChI=1S/C41H37N5O4S2/c1-2-50-32-18-16-28(17-19-32)22-36(44-39(48)30-12-7-4-8-13-30)40(49)43-31-14-9-15-33(23-31)51-27-38(47)45-41-35(24-42)34-20-21-46(26-37(34)52-41)25-29-10-5-3-6-11-29/h3-19,22-23H,2,20-21,25-27H2,1H3,(H,43,49)(H,44,48)(H,45,47)/b36-22+. The van der Waals surface area contributed by atoms with E-state index in [1.54, 1.807) is 72.8 Å². The van der Waals surface area contributed by atoms with E-state index in [4.69, 9.17) is 4.74 Å². The van der Waals surface area contributed by atoms with Gasteiger partial charge in [0, 0.05) is 40.7 Å². The maximum atomic E-state index is 13.6. The number of nitrogens with zero attached hydrogens (tertiary/aromatic N) is 2. The quantitative estimate of drug-likeness (QED) is 0.0839. The summed E-state index contributed by atoms with van der Waals surface area (Å²) < 4.78 is 5.53.